The summed E-state index contributed by atoms with van der Waals surface area (Å²) in [5, 5.41) is 0. The lowest BCUT2D eigenvalue weighted by Gasteiger charge is -2.43. The minimum absolute atomic E-state index is 0.0678. The van der Waals surface area contributed by atoms with E-state index in [1.807, 2.05) is 66.7 Å². The smallest absolute Gasteiger partial charge is 0.411 e. The summed E-state index contributed by atoms with van der Waals surface area (Å²) in [6.07, 6.45) is 2.76. The minimum atomic E-state index is -1.68. The van der Waals surface area contributed by atoms with Gasteiger partial charge in [-0.2, -0.15) is 0 Å². The molecule has 7 heteroatoms. The first kappa shape index (κ1) is 21.6. The van der Waals surface area contributed by atoms with Crippen LogP contribution in [-0.2, 0) is 23.8 Å². The van der Waals surface area contributed by atoms with E-state index in [2.05, 4.69) is 0 Å². The number of amides is 1. The van der Waals surface area contributed by atoms with Crippen LogP contribution in [0.15, 0.2) is 72.8 Å². The highest BCUT2D eigenvalue weighted by molar-refractivity contribution is 6.02. The van der Waals surface area contributed by atoms with E-state index in [1.54, 1.807) is 6.08 Å². The molecule has 0 spiro atoms. The quantitative estimate of drug-likeness (QED) is 0.306. The van der Waals surface area contributed by atoms with Gasteiger partial charge in [0.2, 0.25) is 0 Å². The van der Waals surface area contributed by atoms with Crippen molar-refractivity contribution >= 4 is 18.0 Å². The second-order valence-corrected chi connectivity index (χ2v) is 7.86. The third-order valence-electron chi connectivity index (χ3n) is 6.26. The molecule has 4 rings (SSSR count). The van der Waals surface area contributed by atoms with Crippen molar-refractivity contribution < 1.29 is 28.6 Å². The second kappa shape index (κ2) is 8.86. The van der Waals surface area contributed by atoms with Crippen molar-refractivity contribution in [1.82, 2.24) is 4.90 Å². The van der Waals surface area contributed by atoms with Crippen LogP contribution in [0.1, 0.15) is 36.1 Å². The van der Waals surface area contributed by atoms with E-state index in [9.17, 15) is 14.4 Å². The van der Waals surface area contributed by atoms with Gasteiger partial charge in [-0.25, -0.2) is 4.79 Å². The Hall–Kier alpha value is -3.61. The maximum atomic E-state index is 13.3. The monoisotopic (exact) mass is 435 g/mol. The molecule has 0 aromatic heterocycles. The zero-order chi connectivity index (χ0) is 22.7. The van der Waals surface area contributed by atoms with E-state index in [4.69, 9.17) is 14.2 Å². The number of benzene rings is 2. The number of cyclic esters (lactones) is 1. The van der Waals surface area contributed by atoms with Gasteiger partial charge in [-0.1, -0.05) is 72.8 Å². The van der Waals surface area contributed by atoms with E-state index < -0.39 is 41.6 Å². The van der Waals surface area contributed by atoms with Crippen LogP contribution in [0.3, 0.4) is 0 Å². The van der Waals surface area contributed by atoms with Crippen LogP contribution in [0, 0.1) is 5.41 Å². The Kier molecular flexibility index (Phi) is 5.99. The molecule has 0 N–H and O–H groups in total. The number of ether oxygens (including phenoxy) is 3. The lowest BCUT2D eigenvalue weighted by atomic mass is 9.71. The predicted octanol–water partition coefficient (Wildman–Crippen LogP) is 3.97. The van der Waals surface area contributed by atoms with Gasteiger partial charge < -0.3 is 14.2 Å². The van der Waals surface area contributed by atoms with Crippen molar-refractivity contribution in [3.05, 3.63) is 83.9 Å². The maximum absolute atomic E-state index is 13.3. The van der Waals surface area contributed by atoms with Crippen molar-refractivity contribution in [2.45, 2.75) is 31.0 Å². The van der Waals surface area contributed by atoms with Gasteiger partial charge in [0.15, 0.2) is 11.5 Å². The Morgan fingerprint density at radius 1 is 0.906 bits per heavy atom. The van der Waals surface area contributed by atoms with Crippen LogP contribution < -0.4 is 0 Å². The van der Waals surface area contributed by atoms with E-state index in [1.165, 1.54) is 19.1 Å². The number of rotatable bonds is 5. The number of esters is 2. The van der Waals surface area contributed by atoms with E-state index in [0.29, 0.717) is 0 Å². The molecule has 0 unspecified atom stereocenters. The summed E-state index contributed by atoms with van der Waals surface area (Å²) >= 11 is 0. The molecule has 7 nitrogen and oxygen atoms in total. The Balaban J connectivity index is 1.87. The molecule has 2 aromatic rings. The normalized spacial score (nSPS) is 24.0. The molecule has 32 heavy (non-hydrogen) atoms. The molecule has 0 radical (unpaired) electrons. The summed E-state index contributed by atoms with van der Waals surface area (Å²) in [7, 11) is 2.46. The Morgan fingerprint density at radius 2 is 1.47 bits per heavy atom. The van der Waals surface area contributed by atoms with Gasteiger partial charge in [0.1, 0.15) is 6.04 Å². The molecule has 2 aromatic carbocycles. The molecule has 0 bridgehead atoms. The first-order valence-electron chi connectivity index (χ1n) is 10.4. The van der Waals surface area contributed by atoms with E-state index in [0.717, 1.165) is 11.1 Å². The molecule has 2 aliphatic rings. The van der Waals surface area contributed by atoms with Gasteiger partial charge in [0, 0.05) is 0 Å². The van der Waals surface area contributed by atoms with Gasteiger partial charge in [0.25, 0.3) is 0 Å². The number of hydrogen-bond donors (Lipinski definition) is 0. The number of carbonyl (C=O) groups excluding carboxylic acids is 3. The molecule has 1 heterocycles. The van der Waals surface area contributed by atoms with Crippen LogP contribution >= 0.6 is 0 Å². The third kappa shape index (κ3) is 3.43. The first-order valence-corrected chi connectivity index (χ1v) is 10.4. The number of hydrogen-bond acceptors (Lipinski definition) is 6. The molecule has 1 amide bonds. The zero-order valence-corrected chi connectivity index (χ0v) is 18.0. The molecule has 0 saturated carbocycles. The van der Waals surface area contributed by atoms with E-state index in [-0.39, 0.29) is 12.8 Å². The summed E-state index contributed by atoms with van der Waals surface area (Å²) in [5.74, 6) is -1.47. The number of allylic oxidation sites excluding steroid dienone is 1. The Bertz CT molecular complexity index is 1000. The molecule has 3 atom stereocenters. The SMILES string of the molecule is COC(=O)C1(C(=O)OC)CC=CC[C@H]1N1C(=O)O[C@H](c2ccccc2)[C@@H]1c1ccccc1. The van der Waals surface area contributed by atoms with Crippen LogP contribution in [0.2, 0.25) is 0 Å². The molecular weight excluding hydrogens is 410 g/mol. The number of carbonyl (C=O) groups is 3. The van der Waals surface area contributed by atoms with E-state index >= 15 is 0 Å². The van der Waals surface area contributed by atoms with Gasteiger partial charge >= 0.3 is 18.0 Å². The summed E-state index contributed by atoms with van der Waals surface area (Å²) in [5.41, 5.74) is -0.0220. The van der Waals surface area contributed by atoms with Gasteiger partial charge in [-0.05, 0) is 24.0 Å². The zero-order valence-electron chi connectivity index (χ0n) is 18.0. The average molecular weight is 435 g/mol. The second-order valence-electron chi connectivity index (χ2n) is 7.86. The molecule has 1 saturated heterocycles. The van der Waals surface area contributed by atoms with Crippen LogP contribution in [0.25, 0.3) is 0 Å². The summed E-state index contributed by atoms with van der Waals surface area (Å²) in [6, 6.07) is 17.5. The lowest BCUT2D eigenvalue weighted by Crippen LogP contribution is -2.58. The Labute approximate surface area is 186 Å². The molecule has 1 fully saturated rings. The summed E-state index contributed by atoms with van der Waals surface area (Å²) in [4.78, 5) is 40.9. The average Bonchev–Trinajstić information content (AvgIpc) is 3.20. The molecule has 1 aliphatic heterocycles. The standard InChI is InChI=1S/C25H25NO6/c1-30-22(27)25(23(28)31-2)16-10-9-15-19(25)26-20(17-11-5-3-6-12-17)21(32-24(26)29)18-13-7-4-8-14-18/h3-14,19-21H,15-16H2,1-2H3/t19-,20+,21-/m1/s1. The van der Waals surface area contributed by atoms with Crippen molar-refractivity contribution in [2.24, 2.45) is 5.41 Å². The highest BCUT2D eigenvalue weighted by Crippen LogP contribution is 2.50. The fourth-order valence-corrected chi connectivity index (χ4v) is 4.76. The molecule has 166 valence electrons. The van der Waals surface area contributed by atoms with Crippen molar-refractivity contribution in [3.63, 3.8) is 0 Å². The highest BCUT2D eigenvalue weighted by Gasteiger charge is 2.61. The molecule has 1 aliphatic carbocycles. The Morgan fingerprint density at radius 3 is 2.03 bits per heavy atom. The number of methoxy groups -OCH3 is 2. The van der Waals surface area contributed by atoms with Gasteiger partial charge in [-0.15, -0.1) is 0 Å². The summed E-state index contributed by atoms with van der Waals surface area (Å²) < 4.78 is 15.9. The van der Waals surface area contributed by atoms with Gasteiger partial charge in [0.05, 0.1) is 20.3 Å². The maximum Gasteiger partial charge on any atom is 0.411 e. The van der Waals surface area contributed by atoms with Crippen LogP contribution in [-0.4, -0.2) is 43.2 Å². The van der Waals surface area contributed by atoms with Crippen molar-refractivity contribution in [3.8, 4) is 0 Å². The molecular formula is C25H25NO6. The first-order chi connectivity index (χ1) is 15.5. The van der Waals surface area contributed by atoms with Gasteiger partial charge in [-0.3, -0.25) is 14.5 Å². The minimum Gasteiger partial charge on any atom is -0.468 e. The predicted molar refractivity (Wildman–Crippen MR) is 115 cm³/mol. The largest absolute Gasteiger partial charge is 0.468 e. The van der Waals surface area contributed by atoms with Crippen molar-refractivity contribution in [1.29, 1.82) is 0 Å². The topological polar surface area (TPSA) is 82.1 Å². The highest BCUT2D eigenvalue weighted by atomic mass is 16.6. The van der Waals surface area contributed by atoms with Crippen LogP contribution in [0.5, 0.6) is 0 Å². The third-order valence-corrected chi connectivity index (χ3v) is 6.26. The lowest BCUT2D eigenvalue weighted by molar-refractivity contribution is -0.174. The fourth-order valence-electron chi connectivity index (χ4n) is 4.76. The van der Waals surface area contributed by atoms with Crippen molar-refractivity contribution in [2.75, 3.05) is 14.2 Å². The fraction of sp³-hybridized carbons (Fsp3) is 0.320. The summed E-state index contributed by atoms with van der Waals surface area (Å²) in [6.45, 7) is 0. The van der Waals surface area contributed by atoms with Crippen LogP contribution in [0.4, 0.5) is 4.79 Å². The number of nitrogens with zero attached hydrogens (tertiary/aromatic N) is 1.